The van der Waals surface area contributed by atoms with E-state index in [1.807, 2.05) is 30.3 Å². The second-order valence-corrected chi connectivity index (χ2v) is 6.42. The Morgan fingerprint density at radius 3 is 2.39 bits per heavy atom. The fourth-order valence-electron chi connectivity index (χ4n) is 2.87. The summed E-state index contributed by atoms with van der Waals surface area (Å²) in [6.07, 6.45) is 4.02. The highest BCUT2D eigenvalue weighted by Crippen LogP contribution is 2.27. The summed E-state index contributed by atoms with van der Waals surface area (Å²) in [5, 5.41) is 2.93. The summed E-state index contributed by atoms with van der Waals surface area (Å²) in [6, 6.07) is 9.80. The number of hydrogen-bond donors (Lipinski definition) is 1. The van der Waals surface area contributed by atoms with Gasteiger partial charge in [0.2, 0.25) is 5.91 Å². The number of carbonyl (C=O) groups is 2. The van der Waals surface area contributed by atoms with Crippen LogP contribution in [0.2, 0.25) is 0 Å². The van der Waals surface area contributed by atoms with Crippen molar-refractivity contribution in [2.75, 3.05) is 14.1 Å². The van der Waals surface area contributed by atoms with Crippen LogP contribution in [0.4, 0.5) is 4.79 Å². The molecule has 5 heteroatoms. The lowest BCUT2D eigenvalue weighted by molar-refractivity contribution is -0.129. The molecule has 0 aliphatic heterocycles. The number of nitrogens with one attached hydrogen (secondary N) is 1. The summed E-state index contributed by atoms with van der Waals surface area (Å²) in [7, 11) is 3.58. The van der Waals surface area contributed by atoms with Crippen LogP contribution in [0.5, 0.6) is 0 Å². The fraction of sp³-hybridized carbons (Fsp3) is 0.556. The molecule has 0 aromatic heterocycles. The van der Waals surface area contributed by atoms with Crippen molar-refractivity contribution in [3.05, 3.63) is 35.9 Å². The van der Waals surface area contributed by atoms with Crippen molar-refractivity contribution >= 4 is 12.0 Å². The average Bonchev–Trinajstić information content (AvgIpc) is 2.55. The molecule has 0 spiro atoms. The molecule has 1 aliphatic rings. The molecule has 0 unspecified atom stereocenters. The smallest absolute Gasteiger partial charge is 0.407 e. The van der Waals surface area contributed by atoms with Crippen molar-refractivity contribution in [2.24, 2.45) is 5.92 Å². The quantitative estimate of drug-likeness (QED) is 0.908. The molecule has 1 aliphatic carbocycles. The molecule has 1 N–H and O–H groups in total. The molecule has 1 fully saturated rings. The first-order valence-electron chi connectivity index (χ1n) is 8.22. The van der Waals surface area contributed by atoms with E-state index in [2.05, 4.69) is 5.32 Å². The molecule has 5 nitrogen and oxygen atoms in total. The minimum Gasteiger partial charge on any atom is -0.445 e. The second kappa shape index (κ2) is 8.56. The lowest BCUT2D eigenvalue weighted by atomic mass is 9.84. The minimum absolute atomic E-state index is 0.156. The normalized spacial score (nSPS) is 20.6. The Labute approximate surface area is 138 Å². The molecular weight excluding hydrogens is 292 g/mol. The van der Waals surface area contributed by atoms with Crippen molar-refractivity contribution in [1.29, 1.82) is 0 Å². The minimum atomic E-state index is -0.360. The van der Waals surface area contributed by atoms with E-state index in [4.69, 9.17) is 4.74 Å². The largest absolute Gasteiger partial charge is 0.445 e. The van der Waals surface area contributed by atoms with Gasteiger partial charge in [0.05, 0.1) is 0 Å². The van der Waals surface area contributed by atoms with Gasteiger partial charge in [0.25, 0.3) is 0 Å². The van der Waals surface area contributed by atoms with Crippen LogP contribution in [0.25, 0.3) is 0 Å². The fourth-order valence-corrected chi connectivity index (χ4v) is 2.87. The molecule has 2 amide bonds. The van der Waals surface area contributed by atoms with Crippen molar-refractivity contribution in [2.45, 2.75) is 44.8 Å². The molecule has 1 aromatic carbocycles. The van der Waals surface area contributed by atoms with E-state index >= 15 is 0 Å². The maximum atomic E-state index is 11.8. The number of nitrogens with zero attached hydrogens (tertiary/aromatic N) is 1. The molecule has 1 aromatic rings. The third-order valence-corrected chi connectivity index (χ3v) is 4.34. The lowest BCUT2D eigenvalue weighted by Crippen LogP contribution is -2.38. The summed E-state index contributed by atoms with van der Waals surface area (Å²) < 4.78 is 5.24. The van der Waals surface area contributed by atoms with Gasteiger partial charge >= 0.3 is 6.09 Å². The Kier molecular flexibility index (Phi) is 6.44. The van der Waals surface area contributed by atoms with Gasteiger partial charge in [-0.05, 0) is 37.2 Å². The van der Waals surface area contributed by atoms with Gasteiger partial charge in [-0.2, -0.15) is 0 Å². The topological polar surface area (TPSA) is 58.6 Å². The van der Waals surface area contributed by atoms with Crippen LogP contribution in [-0.4, -0.2) is 37.0 Å². The van der Waals surface area contributed by atoms with Crippen LogP contribution in [0.1, 0.15) is 37.7 Å². The van der Waals surface area contributed by atoms with Crippen molar-refractivity contribution in [3.8, 4) is 0 Å². The Morgan fingerprint density at radius 2 is 1.78 bits per heavy atom. The molecule has 23 heavy (non-hydrogen) atoms. The van der Waals surface area contributed by atoms with E-state index in [0.717, 1.165) is 31.2 Å². The van der Waals surface area contributed by atoms with Gasteiger partial charge in [-0.1, -0.05) is 30.3 Å². The van der Waals surface area contributed by atoms with Crippen LogP contribution in [0.3, 0.4) is 0 Å². The van der Waals surface area contributed by atoms with Gasteiger partial charge in [-0.3, -0.25) is 4.79 Å². The molecule has 2 rings (SSSR count). The molecule has 126 valence electrons. The number of amides is 2. The SMILES string of the molecule is CN(C)C(=O)C[C@H]1CC[C@@H](NC(=O)OCc2ccccc2)CC1. The molecular formula is C18H26N2O3. The molecule has 0 bridgehead atoms. The summed E-state index contributed by atoms with van der Waals surface area (Å²) in [5.41, 5.74) is 0.980. The molecule has 0 radical (unpaired) electrons. The standard InChI is InChI=1S/C18H26N2O3/c1-20(2)17(21)12-14-8-10-16(11-9-14)19-18(22)23-13-15-6-4-3-5-7-15/h3-7,14,16H,8-13H2,1-2H3,(H,19,22)/t14-,16+. The molecule has 0 saturated heterocycles. The van der Waals surface area contributed by atoms with Gasteiger partial charge in [-0.25, -0.2) is 4.79 Å². The molecule has 0 heterocycles. The number of rotatable bonds is 5. The van der Waals surface area contributed by atoms with Crippen LogP contribution in [0.15, 0.2) is 30.3 Å². The number of hydrogen-bond acceptors (Lipinski definition) is 3. The van der Waals surface area contributed by atoms with E-state index in [1.54, 1.807) is 19.0 Å². The van der Waals surface area contributed by atoms with Gasteiger partial charge in [-0.15, -0.1) is 0 Å². The highest BCUT2D eigenvalue weighted by molar-refractivity contribution is 5.75. The zero-order valence-corrected chi connectivity index (χ0v) is 14.0. The Balaban J connectivity index is 1.65. The van der Waals surface area contributed by atoms with Crippen molar-refractivity contribution in [3.63, 3.8) is 0 Å². The second-order valence-electron chi connectivity index (χ2n) is 6.42. The van der Waals surface area contributed by atoms with Gasteiger partial charge in [0.15, 0.2) is 0 Å². The summed E-state index contributed by atoms with van der Waals surface area (Å²) in [6.45, 7) is 0.291. The number of benzene rings is 1. The third kappa shape index (κ3) is 5.93. The first-order chi connectivity index (χ1) is 11.0. The van der Waals surface area contributed by atoms with Gasteiger partial charge in [0, 0.05) is 26.6 Å². The first kappa shape index (κ1) is 17.3. The Bertz CT molecular complexity index is 508. The zero-order valence-electron chi connectivity index (χ0n) is 14.0. The van der Waals surface area contributed by atoms with E-state index in [0.29, 0.717) is 18.9 Å². The van der Waals surface area contributed by atoms with E-state index in [1.165, 1.54) is 0 Å². The zero-order chi connectivity index (χ0) is 16.7. The van der Waals surface area contributed by atoms with Crippen LogP contribution in [-0.2, 0) is 16.1 Å². The van der Waals surface area contributed by atoms with Crippen molar-refractivity contribution in [1.82, 2.24) is 10.2 Å². The Morgan fingerprint density at radius 1 is 1.13 bits per heavy atom. The van der Waals surface area contributed by atoms with Crippen LogP contribution < -0.4 is 5.32 Å². The average molecular weight is 318 g/mol. The van der Waals surface area contributed by atoms with E-state index in [-0.39, 0.29) is 18.0 Å². The Hall–Kier alpha value is -2.04. The predicted octanol–water partition coefficient (Wildman–Crippen LogP) is 2.95. The third-order valence-electron chi connectivity index (χ3n) is 4.34. The number of alkyl carbamates (subject to hydrolysis) is 1. The summed E-state index contributed by atoms with van der Waals surface area (Å²) >= 11 is 0. The highest BCUT2D eigenvalue weighted by Gasteiger charge is 2.24. The van der Waals surface area contributed by atoms with Crippen LogP contribution >= 0.6 is 0 Å². The summed E-state index contributed by atoms with van der Waals surface area (Å²) in [5.74, 6) is 0.618. The number of carbonyl (C=O) groups excluding carboxylic acids is 2. The van der Waals surface area contributed by atoms with Crippen LogP contribution in [0, 0.1) is 5.92 Å². The van der Waals surface area contributed by atoms with E-state index < -0.39 is 0 Å². The first-order valence-corrected chi connectivity index (χ1v) is 8.22. The maximum Gasteiger partial charge on any atom is 0.407 e. The van der Waals surface area contributed by atoms with Gasteiger partial charge < -0.3 is 15.0 Å². The highest BCUT2D eigenvalue weighted by atomic mass is 16.5. The van der Waals surface area contributed by atoms with E-state index in [9.17, 15) is 9.59 Å². The predicted molar refractivity (Wildman–Crippen MR) is 88.8 cm³/mol. The maximum absolute atomic E-state index is 11.8. The number of ether oxygens (including phenoxy) is 1. The summed E-state index contributed by atoms with van der Waals surface area (Å²) in [4.78, 5) is 25.2. The monoisotopic (exact) mass is 318 g/mol. The molecule has 0 atom stereocenters. The van der Waals surface area contributed by atoms with Gasteiger partial charge in [0.1, 0.15) is 6.61 Å². The lowest BCUT2D eigenvalue weighted by Gasteiger charge is -2.29. The van der Waals surface area contributed by atoms with Crippen molar-refractivity contribution < 1.29 is 14.3 Å². The molecule has 1 saturated carbocycles.